The van der Waals surface area contributed by atoms with Gasteiger partial charge in [-0.3, -0.25) is 14.5 Å². The van der Waals surface area contributed by atoms with E-state index in [0.29, 0.717) is 19.4 Å². The molecule has 1 fully saturated rings. The van der Waals surface area contributed by atoms with Crippen LogP contribution in [0.2, 0.25) is 0 Å². The van der Waals surface area contributed by atoms with Gasteiger partial charge in [0.1, 0.15) is 6.54 Å². The van der Waals surface area contributed by atoms with E-state index in [4.69, 9.17) is 0 Å². The zero-order valence-electron chi connectivity index (χ0n) is 19.2. The van der Waals surface area contributed by atoms with E-state index in [9.17, 15) is 9.59 Å². The molecule has 0 aliphatic carbocycles. The Labute approximate surface area is 196 Å². The van der Waals surface area contributed by atoms with Gasteiger partial charge in [-0.25, -0.2) is 5.01 Å². The molecule has 33 heavy (non-hydrogen) atoms. The number of carbonyl (C=O) groups is 2. The Bertz CT molecular complexity index is 940. The van der Waals surface area contributed by atoms with Gasteiger partial charge in [-0.1, -0.05) is 60.7 Å². The molecule has 2 heterocycles. The third-order valence-corrected chi connectivity index (χ3v) is 6.19. The number of hydrazone groups is 1. The van der Waals surface area contributed by atoms with Crippen molar-refractivity contribution in [2.75, 3.05) is 45.8 Å². The number of rotatable bonds is 9. The van der Waals surface area contributed by atoms with Crippen molar-refractivity contribution in [1.29, 1.82) is 0 Å². The molecule has 0 aromatic heterocycles. The Morgan fingerprint density at radius 1 is 0.879 bits per heavy atom. The highest BCUT2D eigenvalue weighted by atomic mass is 16.2. The summed E-state index contributed by atoms with van der Waals surface area (Å²) >= 11 is 0. The van der Waals surface area contributed by atoms with Crippen molar-refractivity contribution in [3.63, 3.8) is 0 Å². The third-order valence-electron chi connectivity index (χ3n) is 6.19. The molecule has 0 radical (unpaired) electrons. The molecule has 2 aliphatic rings. The molecule has 4 rings (SSSR count). The summed E-state index contributed by atoms with van der Waals surface area (Å²) in [7, 11) is 0. The van der Waals surface area contributed by atoms with Gasteiger partial charge in [-0.2, -0.15) is 5.10 Å². The summed E-state index contributed by atoms with van der Waals surface area (Å²) in [6, 6.07) is 20.4. The van der Waals surface area contributed by atoms with E-state index in [1.54, 1.807) is 0 Å². The highest BCUT2D eigenvalue weighted by molar-refractivity contribution is 6.04. The molecule has 0 spiro atoms. The minimum Gasteiger partial charge on any atom is -0.354 e. The van der Waals surface area contributed by atoms with Crippen LogP contribution < -0.4 is 5.32 Å². The van der Waals surface area contributed by atoms with Gasteiger partial charge in [0.25, 0.3) is 0 Å². The second kappa shape index (κ2) is 11.7. The summed E-state index contributed by atoms with van der Waals surface area (Å²) in [4.78, 5) is 29.5. The zero-order chi connectivity index (χ0) is 22.9. The molecule has 7 nitrogen and oxygen atoms in total. The van der Waals surface area contributed by atoms with E-state index in [-0.39, 0.29) is 18.4 Å². The summed E-state index contributed by atoms with van der Waals surface area (Å²) in [6.45, 7) is 6.82. The van der Waals surface area contributed by atoms with Crippen LogP contribution in [0.25, 0.3) is 0 Å². The topological polar surface area (TPSA) is 68.2 Å². The van der Waals surface area contributed by atoms with Gasteiger partial charge in [-0.15, -0.1) is 0 Å². The summed E-state index contributed by atoms with van der Waals surface area (Å²) < 4.78 is 0. The van der Waals surface area contributed by atoms with Crippen LogP contribution in [0.5, 0.6) is 0 Å². The Morgan fingerprint density at radius 3 is 2.27 bits per heavy atom. The number of nitrogens with zero attached hydrogens (tertiary/aromatic N) is 4. The molecule has 2 aromatic carbocycles. The van der Waals surface area contributed by atoms with E-state index in [1.807, 2.05) is 30.3 Å². The highest BCUT2D eigenvalue weighted by Gasteiger charge is 2.23. The fraction of sp³-hybridized carbons (Fsp3) is 0.423. The lowest BCUT2D eigenvalue weighted by Crippen LogP contribution is -2.46. The van der Waals surface area contributed by atoms with Crippen LogP contribution in [0.4, 0.5) is 0 Å². The fourth-order valence-electron chi connectivity index (χ4n) is 4.30. The standard InChI is InChI=1S/C26H33N5O2/c32-25(21-31-26(33)13-12-24(28-31)23-10-5-2-6-11-23)27-14-7-15-29-16-18-30(19-17-29)20-22-8-3-1-4-9-22/h1-6,8-11H,7,12-21H2,(H,27,32). The quantitative estimate of drug-likeness (QED) is 0.599. The summed E-state index contributed by atoms with van der Waals surface area (Å²) in [5.74, 6) is -0.257. The van der Waals surface area contributed by atoms with Gasteiger partial charge in [0.15, 0.2) is 0 Å². The van der Waals surface area contributed by atoms with Gasteiger partial charge in [-0.05, 0) is 24.1 Å². The van der Waals surface area contributed by atoms with Crippen LogP contribution in [0.3, 0.4) is 0 Å². The lowest BCUT2D eigenvalue weighted by Gasteiger charge is -2.34. The predicted octanol–water partition coefficient (Wildman–Crippen LogP) is 2.34. The second-order valence-corrected chi connectivity index (χ2v) is 8.67. The van der Waals surface area contributed by atoms with Gasteiger partial charge in [0.05, 0.1) is 5.71 Å². The maximum absolute atomic E-state index is 12.4. The SMILES string of the molecule is O=C(CN1N=C(c2ccccc2)CCC1=O)NCCCN1CCN(Cc2ccccc2)CC1. The third kappa shape index (κ3) is 6.97. The molecule has 0 bridgehead atoms. The first-order chi connectivity index (χ1) is 16.2. The van der Waals surface area contributed by atoms with Gasteiger partial charge in [0.2, 0.25) is 11.8 Å². The number of amides is 2. The zero-order valence-corrected chi connectivity index (χ0v) is 19.2. The van der Waals surface area contributed by atoms with Crippen molar-refractivity contribution in [3.8, 4) is 0 Å². The largest absolute Gasteiger partial charge is 0.354 e. The van der Waals surface area contributed by atoms with Crippen molar-refractivity contribution < 1.29 is 9.59 Å². The fourth-order valence-corrected chi connectivity index (χ4v) is 4.30. The van der Waals surface area contributed by atoms with Crippen LogP contribution in [0.15, 0.2) is 65.8 Å². The van der Waals surface area contributed by atoms with Crippen LogP contribution in [0.1, 0.15) is 30.4 Å². The first kappa shape index (κ1) is 23.1. The van der Waals surface area contributed by atoms with Crippen molar-refractivity contribution in [2.45, 2.75) is 25.8 Å². The average Bonchev–Trinajstić information content (AvgIpc) is 2.85. The minimum absolute atomic E-state index is 0.0205. The first-order valence-corrected chi connectivity index (χ1v) is 11.9. The van der Waals surface area contributed by atoms with Gasteiger partial charge in [0, 0.05) is 52.1 Å². The molecule has 174 valence electrons. The van der Waals surface area contributed by atoms with Crippen LogP contribution >= 0.6 is 0 Å². The summed E-state index contributed by atoms with van der Waals surface area (Å²) in [6.07, 6.45) is 1.90. The Hall–Kier alpha value is -3.03. The van der Waals surface area contributed by atoms with Gasteiger partial charge < -0.3 is 10.2 Å². The van der Waals surface area contributed by atoms with Crippen LogP contribution in [-0.2, 0) is 16.1 Å². The molecular weight excluding hydrogens is 414 g/mol. The Kier molecular flexibility index (Phi) is 8.22. The number of hydrogen-bond acceptors (Lipinski definition) is 5. The van der Waals surface area contributed by atoms with E-state index >= 15 is 0 Å². The number of carbonyl (C=O) groups excluding carboxylic acids is 2. The van der Waals surface area contributed by atoms with Crippen molar-refractivity contribution in [3.05, 3.63) is 71.8 Å². The Morgan fingerprint density at radius 2 is 1.55 bits per heavy atom. The number of nitrogens with one attached hydrogen (secondary N) is 1. The molecule has 7 heteroatoms. The highest BCUT2D eigenvalue weighted by Crippen LogP contribution is 2.15. The van der Waals surface area contributed by atoms with Crippen molar-refractivity contribution in [2.24, 2.45) is 5.10 Å². The maximum atomic E-state index is 12.4. The number of piperazine rings is 1. The van der Waals surface area contributed by atoms with Crippen LogP contribution in [-0.4, -0.2) is 78.1 Å². The lowest BCUT2D eigenvalue weighted by atomic mass is 10.0. The molecule has 0 unspecified atom stereocenters. The number of benzene rings is 2. The van der Waals surface area contributed by atoms with Crippen molar-refractivity contribution >= 4 is 17.5 Å². The summed E-state index contributed by atoms with van der Waals surface area (Å²) in [5, 5.41) is 8.70. The average molecular weight is 448 g/mol. The molecule has 0 atom stereocenters. The second-order valence-electron chi connectivity index (χ2n) is 8.67. The minimum atomic E-state index is -0.158. The predicted molar refractivity (Wildman–Crippen MR) is 130 cm³/mol. The van der Waals surface area contributed by atoms with Gasteiger partial charge >= 0.3 is 0 Å². The first-order valence-electron chi connectivity index (χ1n) is 11.9. The van der Waals surface area contributed by atoms with E-state index < -0.39 is 0 Å². The maximum Gasteiger partial charge on any atom is 0.243 e. The molecule has 0 saturated carbocycles. The van der Waals surface area contributed by atoms with E-state index in [0.717, 1.165) is 57.0 Å². The lowest BCUT2D eigenvalue weighted by molar-refractivity contribution is -0.136. The van der Waals surface area contributed by atoms with Crippen molar-refractivity contribution in [1.82, 2.24) is 20.1 Å². The smallest absolute Gasteiger partial charge is 0.243 e. The molecular formula is C26H33N5O2. The monoisotopic (exact) mass is 447 g/mol. The number of hydrogen-bond donors (Lipinski definition) is 1. The molecule has 2 aromatic rings. The molecule has 1 N–H and O–H groups in total. The summed E-state index contributed by atoms with van der Waals surface area (Å²) in [5.41, 5.74) is 3.22. The van der Waals surface area contributed by atoms with Crippen LogP contribution in [0, 0.1) is 0 Å². The Balaban J connectivity index is 1.13. The molecule has 2 aliphatic heterocycles. The molecule has 1 saturated heterocycles. The molecule has 2 amide bonds. The normalized spacial score (nSPS) is 17.6. The van der Waals surface area contributed by atoms with E-state index in [1.165, 1.54) is 10.6 Å². The van der Waals surface area contributed by atoms with E-state index in [2.05, 4.69) is 50.5 Å².